The third kappa shape index (κ3) is 3.81. The zero-order valence-electron chi connectivity index (χ0n) is 13.7. The van der Waals surface area contributed by atoms with Crippen LogP contribution in [0.5, 0.6) is 0 Å². The zero-order valence-corrected chi connectivity index (χ0v) is 16.6. The van der Waals surface area contributed by atoms with Gasteiger partial charge in [0.2, 0.25) is 5.89 Å². The first kappa shape index (κ1) is 17.9. The molecule has 0 saturated carbocycles. The van der Waals surface area contributed by atoms with Crippen LogP contribution in [0.1, 0.15) is 10.4 Å². The van der Waals surface area contributed by atoms with Gasteiger partial charge in [-0.15, -0.1) is 0 Å². The largest absolute Gasteiger partial charge is 0.436 e. The summed E-state index contributed by atoms with van der Waals surface area (Å²) in [6.07, 6.45) is 0. The number of rotatable bonds is 3. The Kier molecular flexibility index (Phi) is 4.84. The van der Waals surface area contributed by atoms with Gasteiger partial charge in [-0.25, -0.2) is 9.37 Å². The topological polar surface area (TPSA) is 55.1 Å². The van der Waals surface area contributed by atoms with E-state index >= 15 is 0 Å². The Bertz CT molecular complexity index is 1180. The average Bonchev–Trinajstić information content (AvgIpc) is 3.07. The first-order chi connectivity index (χ1) is 13.0. The molecule has 27 heavy (non-hydrogen) atoms. The van der Waals surface area contributed by atoms with Crippen LogP contribution in [-0.4, -0.2) is 10.9 Å². The van der Waals surface area contributed by atoms with Gasteiger partial charge < -0.3 is 9.73 Å². The van der Waals surface area contributed by atoms with Crippen LogP contribution >= 0.6 is 34.2 Å². The lowest BCUT2D eigenvalue weighted by atomic mass is 10.2. The number of carbonyl (C=O) groups is 1. The normalized spacial score (nSPS) is 10.9. The van der Waals surface area contributed by atoms with Crippen molar-refractivity contribution in [2.75, 3.05) is 5.32 Å². The van der Waals surface area contributed by atoms with Gasteiger partial charge in [-0.2, -0.15) is 0 Å². The van der Waals surface area contributed by atoms with E-state index in [1.165, 1.54) is 18.2 Å². The first-order valence-corrected chi connectivity index (χ1v) is 9.38. The Morgan fingerprint density at radius 1 is 1.11 bits per heavy atom. The quantitative estimate of drug-likeness (QED) is 0.349. The fraction of sp³-hybridized carbons (Fsp3) is 0. The molecule has 0 fully saturated rings. The number of hydrogen-bond donors (Lipinski definition) is 1. The molecule has 0 spiro atoms. The van der Waals surface area contributed by atoms with Crippen LogP contribution in [0.25, 0.3) is 22.6 Å². The minimum Gasteiger partial charge on any atom is -0.436 e. The minimum absolute atomic E-state index is 0.238. The number of hydrogen-bond acceptors (Lipinski definition) is 3. The van der Waals surface area contributed by atoms with Gasteiger partial charge in [0.05, 0.1) is 10.6 Å². The van der Waals surface area contributed by atoms with Gasteiger partial charge in [-0.05, 0) is 77.2 Å². The molecular formula is C20H11ClFIN2O2. The fourth-order valence-corrected chi connectivity index (χ4v) is 3.30. The molecule has 0 aliphatic carbocycles. The third-order valence-corrected chi connectivity index (χ3v) is 4.89. The predicted molar refractivity (Wildman–Crippen MR) is 112 cm³/mol. The standard InChI is InChI=1S/C20H11ClFIN2O2/c21-16-6-4-13(23)9-15(16)20-25-17-10-14(5-7-18(17)27-20)24-19(26)11-2-1-3-12(22)8-11/h1-10H,(H,24,26). The van der Waals surface area contributed by atoms with Gasteiger partial charge in [-0.3, -0.25) is 4.79 Å². The highest BCUT2D eigenvalue weighted by Crippen LogP contribution is 2.32. The summed E-state index contributed by atoms with van der Waals surface area (Å²) in [5.74, 6) is -0.464. The van der Waals surface area contributed by atoms with Crippen LogP contribution in [0.4, 0.5) is 10.1 Å². The number of amides is 1. The minimum atomic E-state index is -0.464. The van der Waals surface area contributed by atoms with Gasteiger partial charge in [0, 0.05) is 14.8 Å². The molecular weight excluding hydrogens is 482 g/mol. The summed E-state index contributed by atoms with van der Waals surface area (Å²) < 4.78 is 20.1. The van der Waals surface area contributed by atoms with Crippen molar-refractivity contribution >= 4 is 56.9 Å². The Morgan fingerprint density at radius 2 is 1.96 bits per heavy atom. The van der Waals surface area contributed by atoms with Crippen LogP contribution in [0.2, 0.25) is 5.02 Å². The molecule has 0 bridgehead atoms. The van der Waals surface area contributed by atoms with Crippen molar-refractivity contribution in [2.24, 2.45) is 0 Å². The molecule has 0 radical (unpaired) electrons. The highest BCUT2D eigenvalue weighted by Gasteiger charge is 2.14. The van der Waals surface area contributed by atoms with Crippen LogP contribution in [-0.2, 0) is 0 Å². The first-order valence-electron chi connectivity index (χ1n) is 7.92. The van der Waals surface area contributed by atoms with Crippen molar-refractivity contribution in [1.29, 1.82) is 0 Å². The van der Waals surface area contributed by atoms with E-state index in [2.05, 4.69) is 32.9 Å². The van der Waals surface area contributed by atoms with Crippen LogP contribution < -0.4 is 5.32 Å². The van der Waals surface area contributed by atoms with Crippen LogP contribution in [0.3, 0.4) is 0 Å². The summed E-state index contributed by atoms with van der Waals surface area (Å²) >= 11 is 8.44. The maximum Gasteiger partial charge on any atom is 0.255 e. The number of carbonyl (C=O) groups excluding carboxylic acids is 1. The molecule has 4 rings (SSSR count). The molecule has 4 aromatic rings. The van der Waals surface area contributed by atoms with E-state index in [-0.39, 0.29) is 5.56 Å². The number of nitrogens with one attached hydrogen (secondary N) is 1. The van der Waals surface area contributed by atoms with Crippen molar-refractivity contribution in [1.82, 2.24) is 4.98 Å². The van der Waals surface area contributed by atoms with E-state index in [0.29, 0.717) is 33.3 Å². The summed E-state index contributed by atoms with van der Waals surface area (Å²) in [5.41, 5.74) is 2.62. The van der Waals surface area contributed by atoms with E-state index in [4.69, 9.17) is 16.0 Å². The number of aromatic nitrogens is 1. The average molecular weight is 493 g/mol. The number of oxazole rings is 1. The van der Waals surface area contributed by atoms with Crippen molar-refractivity contribution in [2.45, 2.75) is 0 Å². The van der Waals surface area contributed by atoms with E-state index in [9.17, 15) is 9.18 Å². The number of halogens is 3. The monoisotopic (exact) mass is 492 g/mol. The maximum atomic E-state index is 13.3. The Hall–Kier alpha value is -2.45. The molecule has 0 saturated heterocycles. The Labute approximate surface area is 172 Å². The van der Waals surface area contributed by atoms with Gasteiger partial charge >= 0.3 is 0 Å². The molecule has 0 aliphatic rings. The number of fused-ring (bicyclic) bond motifs is 1. The summed E-state index contributed by atoms with van der Waals surface area (Å²) in [4.78, 5) is 16.7. The van der Waals surface area contributed by atoms with E-state index < -0.39 is 11.7 Å². The summed E-state index contributed by atoms with van der Waals surface area (Å²) in [7, 11) is 0. The molecule has 0 aliphatic heterocycles. The van der Waals surface area contributed by atoms with Gasteiger partial charge in [0.25, 0.3) is 5.91 Å². The lowest BCUT2D eigenvalue weighted by molar-refractivity contribution is 0.102. The van der Waals surface area contributed by atoms with Crippen LogP contribution in [0.15, 0.2) is 65.1 Å². The molecule has 1 heterocycles. The molecule has 7 heteroatoms. The maximum absolute atomic E-state index is 13.3. The highest BCUT2D eigenvalue weighted by atomic mass is 127. The third-order valence-electron chi connectivity index (χ3n) is 3.89. The predicted octanol–water partition coefficient (Wildman–Crippen LogP) is 6.14. The van der Waals surface area contributed by atoms with Crippen molar-refractivity contribution in [3.63, 3.8) is 0 Å². The molecule has 4 nitrogen and oxygen atoms in total. The van der Waals surface area contributed by atoms with E-state index in [1.54, 1.807) is 30.3 Å². The van der Waals surface area contributed by atoms with E-state index in [1.807, 2.05) is 12.1 Å². The lowest BCUT2D eigenvalue weighted by Crippen LogP contribution is -2.11. The molecule has 1 aromatic heterocycles. The summed E-state index contributed by atoms with van der Waals surface area (Å²) in [6.45, 7) is 0. The molecule has 0 atom stereocenters. The Morgan fingerprint density at radius 3 is 2.78 bits per heavy atom. The lowest BCUT2D eigenvalue weighted by Gasteiger charge is -2.04. The number of nitrogens with zero attached hydrogens (tertiary/aromatic N) is 1. The smallest absolute Gasteiger partial charge is 0.255 e. The molecule has 0 unspecified atom stereocenters. The van der Waals surface area contributed by atoms with Crippen molar-refractivity contribution < 1.29 is 13.6 Å². The summed E-state index contributed by atoms with van der Waals surface area (Å²) in [6, 6.07) is 16.2. The highest BCUT2D eigenvalue weighted by molar-refractivity contribution is 14.1. The fourth-order valence-electron chi connectivity index (χ4n) is 2.61. The molecule has 1 N–H and O–H groups in total. The van der Waals surface area contributed by atoms with Crippen molar-refractivity contribution in [3.8, 4) is 11.5 Å². The molecule has 3 aromatic carbocycles. The number of anilines is 1. The van der Waals surface area contributed by atoms with Gasteiger partial charge in [0.15, 0.2) is 5.58 Å². The van der Waals surface area contributed by atoms with Gasteiger partial charge in [-0.1, -0.05) is 17.7 Å². The second kappa shape index (κ2) is 7.28. The Balaban J connectivity index is 1.65. The SMILES string of the molecule is O=C(Nc1ccc2oc(-c3cc(I)ccc3Cl)nc2c1)c1cccc(F)c1. The van der Waals surface area contributed by atoms with Crippen LogP contribution in [0, 0.1) is 9.39 Å². The second-order valence-electron chi connectivity index (χ2n) is 5.79. The summed E-state index contributed by atoms with van der Waals surface area (Å²) in [5, 5.41) is 3.28. The number of benzene rings is 3. The zero-order chi connectivity index (χ0) is 19.0. The van der Waals surface area contributed by atoms with E-state index in [0.717, 1.165) is 3.57 Å². The van der Waals surface area contributed by atoms with Gasteiger partial charge in [0.1, 0.15) is 11.3 Å². The molecule has 1 amide bonds. The molecule has 134 valence electrons. The second-order valence-corrected chi connectivity index (χ2v) is 7.44. The van der Waals surface area contributed by atoms with Crippen molar-refractivity contribution in [3.05, 3.63) is 80.6 Å².